The summed E-state index contributed by atoms with van der Waals surface area (Å²) in [6.45, 7) is 0. The Hall–Kier alpha value is -2.17. The van der Waals surface area contributed by atoms with E-state index in [1.165, 1.54) is 22.5 Å². The number of hydrogen-bond acceptors (Lipinski definition) is 4. The number of thiazole rings is 1. The molecule has 0 aliphatic heterocycles. The van der Waals surface area contributed by atoms with Gasteiger partial charge in [-0.15, -0.1) is 11.3 Å². The molecule has 0 amide bonds. The quantitative estimate of drug-likeness (QED) is 0.561. The van der Waals surface area contributed by atoms with Crippen LogP contribution < -0.4 is 11.3 Å². The van der Waals surface area contributed by atoms with Crippen molar-refractivity contribution in [3.05, 3.63) is 60.0 Å². The molecule has 3 rings (SSSR count). The monoisotopic (exact) mass is 267 g/mol. The van der Waals surface area contributed by atoms with Gasteiger partial charge in [0.25, 0.3) is 0 Å². The van der Waals surface area contributed by atoms with Gasteiger partial charge in [-0.2, -0.15) is 0 Å². The van der Waals surface area contributed by atoms with Gasteiger partial charge in [0, 0.05) is 10.9 Å². The first-order valence-electron chi connectivity index (χ1n) is 5.95. The summed E-state index contributed by atoms with van der Waals surface area (Å²) >= 11 is 1.50. The number of aromatic nitrogens is 1. The molecule has 0 radical (unpaired) electrons. The lowest BCUT2D eigenvalue weighted by Gasteiger charge is -2.02. The molecule has 3 nitrogen and oxygen atoms in total. The molecule has 0 aliphatic rings. The highest BCUT2D eigenvalue weighted by Gasteiger charge is 2.04. The zero-order chi connectivity index (χ0) is 13.1. The number of nitrogens with one attached hydrogen (secondary N) is 1. The smallest absolute Gasteiger partial charge is 0.197 e. The van der Waals surface area contributed by atoms with Gasteiger partial charge in [0.15, 0.2) is 5.13 Å². The number of nitrogens with zero attached hydrogens (tertiary/aromatic N) is 1. The average Bonchev–Trinajstić information content (AvgIpc) is 2.97. The van der Waals surface area contributed by atoms with Crippen LogP contribution >= 0.6 is 11.3 Å². The van der Waals surface area contributed by atoms with Crippen molar-refractivity contribution in [2.45, 2.75) is 0 Å². The Morgan fingerprint density at radius 3 is 2.11 bits per heavy atom. The second kappa shape index (κ2) is 5.22. The Kier molecular flexibility index (Phi) is 3.27. The third-order valence-electron chi connectivity index (χ3n) is 2.92. The molecule has 0 unspecified atom stereocenters. The van der Waals surface area contributed by atoms with E-state index in [4.69, 9.17) is 5.84 Å². The zero-order valence-corrected chi connectivity index (χ0v) is 11.0. The van der Waals surface area contributed by atoms with Crippen LogP contribution in [0, 0.1) is 0 Å². The van der Waals surface area contributed by atoms with Gasteiger partial charge in [-0.3, -0.25) is 5.43 Å². The predicted octanol–water partition coefficient (Wildman–Crippen LogP) is 3.76. The van der Waals surface area contributed by atoms with Gasteiger partial charge in [0.2, 0.25) is 0 Å². The predicted molar refractivity (Wildman–Crippen MR) is 80.8 cm³/mol. The summed E-state index contributed by atoms with van der Waals surface area (Å²) < 4.78 is 0. The number of nitrogen functional groups attached to an aromatic ring is 1. The molecule has 0 saturated carbocycles. The molecular formula is C15H13N3S. The Labute approximate surface area is 115 Å². The van der Waals surface area contributed by atoms with Gasteiger partial charge in [-0.25, -0.2) is 10.8 Å². The van der Waals surface area contributed by atoms with Crippen LogP contribution in [0.3, 0.4) is 0 Å². The van der Waals surface area contributed by atoms with Crippen LogP contribution in [0.15, 0.2) is 60.0 Å². The van der Waals surface area contributed by atoms with Crippen LogP contribution in [0.2, 0.25) is 0 Å². The van der Waals surface area contributed by atoms with Crippen LogP contribution in [-0.4, -0.2) is 4.98 Å². The fourth-order valence-electron chi connectivity index (χ4n) is 1.94. The van der Waals surface area contributed by atoms with Crippen LogP contribution in [0.25, 0.3) is 22.4 Å². The van der Waals surface area contributed by atoms with Gasteiger partial charge in [0.05, 0.1) is 5.69 Å². The largest absolute Gasteiger partial charge is 0.300 e. The highest BCUT2D eigenvalue weighted by molar-refractivity contribution is 7.14. The fourth-order valence-corrected chi connectivity index (χ4v) is 2.57. The Balaban J connectivity index is 1.90. The topological polar surface area (TPSA) is 50.9 Å². The highest BCUT2D eigenvalue weighted by atomic mass is 32.1. The molecule has 3 N–H and O–H groups in total. The summed E-state index contributed by atoms with van der Waals surface area (Å²) in [7, 11) is 0. The Bertz CT molecular complexity index is 659. The summed E-state index contributed by atoms with van der Waals surface area (Å²) in [5, 5.41) is 2.72. The van der Waals surface area contributed by atoms with Crippen molar-refractivity contribution < 1.29 is 0 Å². The van der Waals surface area contributed by atoms with Crippen LogP contribution in [-0.2, 0) is 0 Å². The maximum Gasteiger partial charge on any atom is 0.197 e. The minimum Gasteiger partial charge on any atom is -0.300 e. The molecule has 0 spiro atoms. The summed E-state index contributed by atoms with van der Waals surface area (Å²) in [5.74, 6) is 5.34. The second-order valence-electron chi connectivity index (χ2n) is 4.13. The van der Waals surface area contributed by atoms with E-state index in [2.05, 4.69) is 46.8 Å². The minimum atomic E-state index is 0.724. The SMILES string of the molecule is NNc1nc(-c2ccc(-c3ccccc3)cc2)cs1. The first-order valence-corrected chi connectivity index (χ1v) is 6.83. The molecule has 0 saturated heterocycles. The van der Waals surface area contributed by atoms with Crippen LogP contribution in [0.4, 0.5) is 5.13 Å². The van der Waals surface area contributed by atoms with Crippen molar-refractivity contribution in [1.29, 1.82) is 0 Å². The third-order valence-corrected chi connectivity index (χ3v) is 3.69. The number of hydrazine groups is 1. The van der Waals surface area contributed by atoms with Gasteiger partial charge < -0.3 is 0 Å². The van der Waals surface area contributed by atoms with Gasteiger partial charge in [-0.1, -0.05) is 54.6 Å². The number of benzene rings is 2. The molecule has 4 heteroatoms. The molecule has 0 aliphatic carbocycles. The molecule has 3 aromatic rings. The van der Waals surface area contributed by atoms with Crippen molar-refractivity contribution in [3.8, 4) is 22.4 Å². The summed E-state index contributed by atoms with van der Waals surface area (Å²) in [4.78, 5) is 4.38. The lowest BCUT2D eigenvalue weighted by Crippen LogP contribution is -2.05. The zero-order valence-electron chi connectivity index (χ0n) is 10.2. The van der Waals surface area contributed by atoms with Crippen molar-refractivity contribution in [2.75, 3.05) is 5.43 Å². The number of nitrogens with two attached hydrogens (primary N) is 1. The maximum absolute atomic E-state index is 5.34. The molecule has 1 heterocycles. The normalized spacial score (nSPS) is 10.4. The van der Waals surface area contributed by atoms with E-state index in [0.717, 1.165) is 16.4 Å². The van der Waals surface area contributed by atoms with Crippen LogP contribution in [0.5, 0.6) is 0 Å². The highest BCUT2D eigenvalue weighted by Crippen LogP contribution is 2.27. The van der Waals surface area contributed by atoms with E-state index in [9.17, 15) is 0 Å². The Morgan fingerprint density at radius 1 is 0.842 bits per heavy atom. The first kappa shape index (κ1) is 11.9. The van der Waals surface area contributed by atoms with Crippen LogP contribution in [0.1, 0.15) is 0 Å². The number of rotatable bonds is 3. The molecule has 0 bridgehead atoms. The minimum absolute atomic E-state index is 0.724. The molecule has 0 atom stereocenters. The van der Waals surface area contributed by atoms with E-state index < -0.39 is 0 Å². The molecule has 94 valence electrons. The molecule has 19 heavy (non-hydrogen) atoms. The van der Waals surface area contributed by atoms with Crippen molar-refractivity contribution in [1.82, 2.24) is 4.98 Å². The molecule has 0 fully saturated rings. The van der Waals surface area contributed by atoms with E-state index in [0.29, 0.717) is 0 Å². The van der Waals surface area contributed by atoms with E-state index in [1.807, 2.05) is 23.6 Å². The summed E-state index contributed by atoms with van der Waals surface area (Å²) in [6.07, 6.45) is 0. The van der Waals surface area contributed by atoms with Crippen molar-refractivity contribution in [3.63, 3.8) is 0 Å². The second-order valence-corrected chi connectivity index (χ2v) is 4.98. The summed E-state index contributed by atoms with van der Waals surface area (Å²) in [5.41, 5.74) is 7.02. The average molecular weight is 267 g/mol. The van der Waals surface area contributed by atoms with E-state index >= 15 is 0 Å². The summed E-state index contributed by atoms with van der Waals surface area (Å²) in [6, 6.07) is 18.7. The Morgan fingerprint density at radius 2 is 1.47 bits per heavy atom. The number of hydrogen-bond donors (Lipinski definition) is 2. The standard InChI is InChI=1S/C15H13N3S/c16-18-15-17-14(10-19-15)13-8-6-12(7-9-13)11-4-2-1-3-5-11/h1-10H,16H2,(H,17,18). The van der Waals surface area contributed by atoms with E-state index in [-0.39, 0.29) is 0 Å². The molecular weight excluding hydrogens is 254 g/mol. The van der Waals surface area contributed by atoms with Crippen molar-refractivity contribution >= 4 is 16.5 Å². The molecule has 2 aromatic carbocycles. The van der Waals surface area contributed by atoms with Gasteiger partial charge in [-0.05, 0) is 11.1 Å². The maximum atomic E-state index is 5.34. The fraction of sp³-hybridized carbons (Fsp3) is 0. The molecule has 1 aromatic heterocycles. The first-order chi connectivity index (χ1) is 9.36. The van der Waals surface area contributed by atoms with E-state index in [1.54, 1.807) is 0 Å². The van der Waals surface area contributed by atoms with Crippen molar-refractivity contribution in [2.24, 2.45) is 5.84 Å². The lowest BCUT2D eigenvalue weighted by atomic mass is 10.0. The number of anilines is 1. The van der Waals surface area contributed by atoms with Gasteiger partial charge >= 0.3 is 0 Å². The lowest BCUT2D eigenvalue weighted by molar-refractivity contribution is 1.29. The third kappa shape index (κ3) is 2.50. The van der Waals surface area contributed by atoms with Gasteiger partial charge in [0.1, 0.15) is 0 Å².